The number of carboxylic acids is 1. The second-order valence-corrected chi connectivity index (χ2v) is 15.7. The van der Waals surface area contributed by atoms with Gasteiger partial charge in [-0.2, -0.15) is 0 Å². The van der Waals surface area contributed by atoms with E-state index in [2.05, 4.69) is 0 Å². The molecule has 0 radical (unpaired) electrons. The Morgan fingerprint density at radius 2 is 1.62 bits per heavy atom. The molecule has 2 aromatic carbocycles. The van der Waals surface area contributed by atoms with E-state index in [1.165, 1.54) is 6.92 Å². The number of quaternary nitrogens is 2. The molecule has 15 heteroatoms. The van der Waals surface area contributed by atoms with Gasteiger partial charge >= 0.3 is 0 Å². The van der Waals surface area contributed by atoms with E-state index in [-0.39, 0.29) is 34.3 Å². The molecule has 4 saturated heterocycles. The van der Waals surface area contributed by atoms with Gasteiger partial charge in [0.15, 0.2) is 6.54 Å². The van der Waals surface area contributed by atoms with Gasteiger partial charge in [-0.3, -0.25) is 14.4 Å². The van der Waals surface area contributed by atoms with Crippen LogP contribution in [0.3, 0.4) is 0 Å². The molecule has 0 unspecified atom stereocenters. The number of carboxylic acid groups (broad SMARTS) is 1. The van der Waals surface area contributed by atoms with Crippen molar-refractivity contribution >= 4 is 33.7 Å². The maximum atomic E-state index is 14.1. The molecule has 3 amide bonds. The van der Waals surface area contributed by atoms with E-state index in [0.717, 1.165) is 59.8 Å². The Bertz CT molecular complexity index is 1860. The third kappa shape index (κ3) is 5.04. The summed E-state index contributed by atoms with van der Waals surface area (Å²) >= 11 is 0. The van der Waals surface area contributed by atoms with E-state index >= 15 is 0 Å². The summed E-state index contributed by atoms with van der Waals surface area (Å²) in [5.41, 5.74) is 7.56. The topological polar surface area (TPSA) is 178 Å². The summed E-state index contributed by atoms with van der Waals surface area (Å²) in [6.45, 7) is 8.32. The number of halogens is 1. The van der Waals surface area contributed by atoms with Crippen LogP contribution in [0.2, 0.25) is 0 Å². The van der Waals surface area contributed by atoms with Gasteiger partial charge in [-0.25, -0.2) is 12.7 Å². The lowest BCUT2D eigenvalue weighted by atomic mass is 9.78. The molecular formula is C33H38ClN5O8S. The quantitative estimate of drug-likeness (QED) is 0.197. The second kappa shape index (κ2) is 11.7. The minimum absolute atomic E-state index is 0. The van der Waals surface area contributed by atoms with Gasteiger partial charge in [-0.1, -0.05) is 37.3 Å². The maximum absolute atomic E-state index is 14.1. The number of primary amides is 1. The first-order chi connectivity index (χ1) is 22.2. The summed E-state index contributed by atoms with van der Waals surface area (Å²) in [6.07, 6.45) is -1.03. The molecular weight excluding hydrogens is 662 g/mol. The molecule has 3 N–H and O–H groups in total. The number of aliphatic carboxylic acids is 1. The number of hydrogen-bond donors (Lipinski definition) is 2. The number of aliphatic hydroxyl groups is 1. The highest BCUT2D eigenvalue weighted by atomic mass is 35.5. The largest absolute Gasteiger partial charge is 1.00 e. The summed E-state index contributed by atoms with van der Waals surface area (Å²) in [6, 6.07) is 11.9. The molecule has 6 heterocycles. The number of carbonyl (C=O) groups excluding carboxylic acids is 4. The number of amides is 3. The lowest BCUT2D eigenvalue weighted by Gasteiger charge is -2.55. The minimum Gasteiger partial charge on any atom is -1.00 e. The highest BCUT2D eigenvalue weighted by Crippen LogP contribution is 2.48. The predicted octanol–water partition coefficient (Wildman–Crippen LogP) is -3.99. The fourth-order valence-corrected chi connectivity index (χ4v) is 10.2. The van der Waals surface area contributed by atoms with E-state index in [1.54, 1.807) is 19.1 Å². The normalized spacial score (nSPS) is 30.4. The van der Waals surface area contributed by atoms with E-state index in [0.29, 0.717) is 27.4 Å². The summed E-state index contributed by atoms with van der Waals surface area (Å²) in [7, 11) is -4.39. The van der Waals surface area contributed by atoms with Crippen molar-refractivity contribution < 1.29 is 59.2 Å². The van der Waals surface area contributed by atoms with Gasteiger partial charge in [0, 0.05) is 11.5 Å². The Labute approximate surface area is 284 Å². The zero-order chi connectivity index (χ0) is 33.6. The van der Waals surface area contributed by atoms with Gasteiger partial charge in [0.2, 0.25) is 5.91 Å². The standard InChI is InChI=1S/C33H37N5O8S.ClH/c1-19-25(30(33(43)44)36-29(19)28(20(2)39)32(36)42)16-35-31(41)24-14-22(17-37-8-11-38(12-9-37,13-10-37)18-27(34)40)23(15-26(24)47(35,45)46)21-6-4-3-5-7-21;/h3-7,14-15,19-20,28-29,39H,8-13,16-18H2,1-2H3,(H-2,34,40,43,44);1H/t19-,20+,28+,29+,37?,38?;/m0./s1. The summed E-state index contributed by atoms with van der Waals surface area (Å²) in [4.78, 5) is 51.7. The number of aliphatic hydroxyl groups excluding tert-OH is 1. The Morgan fingerprint density at radius 3 is 2.19 bits per heavy atom. The molecule has 0 aromatic heterocycles. The highest BCUT2D eigenvalue weighted by Gasteiger charge is 2.59. The van der Waals surface area contributed by atoms with Crippen molar-refractivity contribution in [2.45, 2.75) is 37.4 Å². The third-order valence-electron chi connectivity index (χ3n) is 11.3. The van der Waals surface area contributed by atoms with Crippen molar-refractivity contribution in [1.29, 1.82) is 0 Å². The van der Waals surface area contributed by atoms with Crippen LogP contribution in [0.5, 0.6) is 0 Å². The number of β-lactam (4-membered cyclic amide) rings is 1. The molecule has 0 spiro atoms. The van der Waals surface area contributed by atoms with E-state index in [9.17, 15) is 37.8 Å². The van der Waals surface area contributed by atoms with Crippen LogP contribution in [0.1, 0.15) is 29.8 Å². The van der Waals surface area contributed by atoms with Gasteiger partial charge in [-0.05, 0) is 35.8 Å². The van der Waals surface area contributed by atoms with Crippen LogP contribution < -0.4 is 23.2 Å². The molecule has 48 heavy (non-hydrogen) atoms. The molecule has 13 nitrogen and oxygen atoms in total. The molecule has 4 atom stereocenters. The van der Waals surface area contributed by atoms with Crippen molar-refractivity contribution in [1.82, 2.24) is 9.21 Å². The van der Waals surface area contributed by atoms with Crippen LogP contribution >= 0.6 is 0 Å². The second-order valence-electron chi connectivity index (χ2n) is 13.9. The first-order valence-electron chi connectivity index (χ1n) is 15.9. The van der Waals surface area contributed by atoms with Crippen LogP contribution in [0, 0.1) is 11.8 Å². The molecule has 6 aliphatic heterocycles. The number of nitrogens with zero attached hydrogens (tertiary/aromatic N) is 4. The van der Waals surface area contributed by atoms with Crippen molar-refractivity contribution in [3.8, 4) is 11.1 Å². The summed E-state index contributed by atoms with van der Waals surface area (Å²) in [5, 5.41) is 22.5. The Balaban J connectivity index is 0.00000401. The molecule has 4 fully saturated rings. The summed E-state index contributed by atoms with van der Waals surface area (Å²) < 4.78 is 30.3. The zero-order valence-electron chi connectivity index (χ0n) is 26.7. The third-order valence-corrected chi connectivity index (χ3v) is 13.0. The van der Waals surface area contributed by atoms with Gasteiger partial charge in [0.05, 0.1) is 41.8 Å². The smallest absolute Gasteiger partial charge is 0.272 e. The monoisotopic (exact) mass is 699 g/mol. The Kier molecular flexibility index (Phi) is 8.27. The first-order valence-corrected chi connectivity index (χ1v) is 17.4. The number of hydrogen-bond acceptors (Lipinski definition) is 8. The Morgan fingerprint density at radius 1 is 1.02 bits per heavy atom. The zero-order valence-corrected chi connectivity index (χ0v) is 28.2. The van der Waals surface area contributed by atoms with Crippen molar-refractivity contribution in [2.24, 2.45) is 17.6 Å². The highest BCUT2D eigenvalue weighted by molar-refractivity contribution is 7.90. The molecule has 0 saturated carbocycles. The summed E-state index contributed by atoms with van der Waals surface area (Å²) in [5.74, 6) is -4.76. The number of nitrogens with two attached hydrogens (primary N) is 1. The van der Waals surface area contributed by atoms with E-state index < -0.39 is 64.0 Å². The van der Waals surface area contributed by atoms with Gasteiger partial charge in [0.25, 0.3) is 21.8 Å². The number of piperazine rings is 3. The average molecular weight is 700 g/mol. The van der Waals surface area contributed by atoms with Crippen molar-refractivity contribution in [2.75, 3.05) is 52.4 Å². The fourth-order valence-electron chi connectivity index (χ4n) is 8.65. The molecule has 2 aromatic rings. The fraction of sp³-hybridized carbons (Fsp3) is 0.455. The number of benzene rings is 2. The van der Waals surface area contributed by atoms with Gasteiger partial charge in [-0.15, -0.1) is 0 Å². The first kappa shape index (κ1) is 34.1. The van der Waals surface area contributed by atoms with Crippen LogP contribution in [0.25, 0.3) is 11.1 Å². The molecule has 8 rings (SSSR count). The SMILES string of the molecule is C[C@@H](O)[C@H]1C(=O)N2C(C(=O)[O-])=C(CN3C(=O)c4cc(C[N+]56CC[N+](CC(N)=O)(CC5)CC6)c(-c5ccccc5)cc4S3(=O)=O)[C@H](C)[C@H]12.[Cl-]. The van der Waals surface area contributed by atoms with Crippen molar-refractivity contribution in [3.05, 3.63) is 64.9 Å². The van der Waals surface area contributed by atoms with Gasteiger partial charge in [0.1, 0.15) is 50.7 Å². The van der Waals surface area contributed by atoms with Crippen LogP contribution in [-0.2, 0) is 31.0 Å². The average Bonchev–Trinajstić information content (AvgIpc) is 3.37. The Hall–Kier alpha value is -3.82. The number of fused-ring (bicyclic) bond motifs is 5. The number of rotatable bonds is 9. The lowest BCUT2D eigenvalue weighted by molar-refractivity contribution is -1.08. The molecule has 6 aliphatic rings. The van der Waals surface area contributed by atoms with E-state index in [4.69, 9.17) is 5.73 Å². The van der Waals surface area contributed by atoms with Gasteiger partial charge < -0.3 is 47.0 Å². The molecule has 0 aliphatic carbocycles. The maximum Gasteiger partial charge on any atom is 0.272 e. The van der Waals surface area contributed by atoms with Crippen LogP contribution in [-0.4, -0.2) is 120 Å². The molecule has 2 bridgehead atoms. The number of carbonyl (C=O) groups is 4. The predicted molar refractivity (Wildman–Crippen MR) is 165 cm³/mol. The van der Waals surface area contributed by atoms with Crippen molar-refractivity contribution in [3.63, 3.8) is 0 Å². The van der Waals surface area contributed by atoms with Crippen LogP contribution in [0.15, 0.2) is 58.6 Å². The number of sulfonamides is 1. The van der Waals surface area contributed by atoms with E-state index in [1.807, 2.05) is 30.3 Å². The lowest BCUT2D eigenvalue weighted by Crippen LogP contribution is -3.00. The molecule has 256 valence electrons. The van der Waals surface area contributed by atoms with Crippen LogP contribution in [0.4, 0.5) is 0 Å². The minimum atomic E-state index is -4.39.